The van der Waals surface area contributed by atoms with Crippen LogP contribution in [0.5, 0.6) is 0 Å². The number of hydrogen-bond acceptors (Lipinski definition) is 7. The molecule has 9 nitrogen and oxygen atoms in total. The van der Waals surface area contributed by atoms with Crippen molar-refractivity contribution in [3.63, 3.8) is 0 Å². The predicted molar refractivity (Wildman–Crippen MR) is 139 cm³/mol. The van der Waals surface area contributed by atoms with Gasteiger partial charge in [0.2, 0.25) is 5.91 Å². The molecule has 0 aliphatic carbocycles. The summed E-state index contributed by atoms with van der Waals surface area (Å²) >= 11 is 0. The number of carbonyl (C=O) groups is 3. The van der Waals surface area contributed by atoms with Gasteiger partial charge >= 0.3 is 12.1 Å². The maximum absolute atomic E-state index is 13.9. The first-order valence-electron chi connectivity index (χ1n) is 13.7. The second-order valence-corrected chi connectivity index (χ2v) is 10.6. The topological polar surface area (TPSA) is 103 Å². The van der Waals surface area contributed by atoms with Crippen molar-refractivity contribution in [1.82, 2.24) is 10.2 Å². The second kappa shape index (κ2) is 16.1. The van der Waals surface area contributed by atoms with Crippen LogP contribution in [0.4, 0.5) is 4.79 Å². The van der Waals surface area contributed by atoms with Crippen LogP contribution in [0.25, 0.3) is 0 Å². The molecule has 1 rings (SSSR count). The fourth-order valence-electron chi connectivity index (χ4n) is 3.96. The van der Waals surface area contributed by atoms with E-state index in [0.29, 0.717) is 32.6 Å². The highest BCUT2D eigenvalue weighted by Crippen LogP contribution is 2.32. The number of ether oxygens (including phenoxy) is 4. The zero-order chi connectivity index (χ0) is 27.2. The molecule has 9 heteroatoms. The van der Waals surface area contributed by atoms with E-state index in [0.717, 1.165) is 38.5 Å². The van der Waals surface area contributed by atoms with Crippen LogP contribution in [0, 0.1) is 0 Å². The molecule has 210 valence electrons. The zero-order valence-corrected chi connectivity index (χ0v) is 23.7. The predicted octanol–water partition coefficient (Wildman–Crippen LogP) is 4.61. The first-order chi connectivity index (χ1) is 17.0. The van der Waals surface area contributed by atoms with Crippen LogP contribution in [0.1, 0.15) is 99.8 Å². The molecule has 0 saturated carbocycles. The monoisotopic (exact) mass is 514 g/mol. The summed E-state index contributed by atoms with van der Waals surface area (Å²) in [7, 11) is 0. The fraction of sp³-hybridized carbons (Fsp3) is 0.889. The minimum atomic E-state index is -1.28. The first-order valence-corrected chi connectivity index (χ1v) is 13.7. The summed E-state index contributed by atoms with van der Waals surface area (Å²) < 4.78 is 22.8. The molecule has 1 unspecified atom stereocenters. The average molecular weight is 515 g/mol. The van der Waals surface area contributed by atoms with Crippen LogP contribution in [0.3, 0.4) is 0 Å². The molecule has 0 bridgehead atoms. The molecule has 0 aromatic carbocycles. The highest BCUT2D eigenvalue weighted by Gasteiger charge is 2.52. The Labute approximate surface area is 217 Å². The van der Waals surface area contributed by atoms with Crippen molar-refractivity contribution in [3.8, 4) is 0 Å². The van der Waals surface area contributed by atoms with Crippen LogP contribution >= 0.6 is 0 Å². The van der Waals surface area contributed by atoms with Crippen molar-refractivity contribution in [1.29, 1.82) is 0 Å². The average Bonchev–Trinajstić information content (AvgIpc) is 3.24. The van der Waals surface area contributed by atoms with Gasteiger partial charge < -0.3 is 24.3 Å². The number of rotatable bonds is 16. The quantitative estimate of drug-likeness (QED) is 0.237. The van der Waals surface area contributed by atoms with E-state index in [-0.39, 0.29) is 13.2 Å². The van der Waals surface area contributed by atoms with E-state index < -0.39 is 41.3 Å². The summed E-state index contributed by atoms with van der Waals surface area (Å²) in [5.74, 6) is -0.990. The minimum absolute atomic E-state index is 0.0285. The number of esters is 1. The van der Waals surface area contributed by atoms with E-state index in [9.17, 15) is 14.4 Å². The summed E-state index contributed by atoms with van der Waals surface area (Å²) in [6, 6.07) is -1.00. The van der Waals surface area contributed by atoms with E-state index >= 15 is 0 Å². The maximum Gasteiger partial charge on any atom is 0.411 e. The van der Waals surface area contributed by atoms with E-state index in [1.165, 1.54) is 4.90 Å². The molecule has 0 radical (unpaired) electrons. The number of carbonyl (C=O) groups excluding carboxylic acids is 3. The Morgan fingerprint density at radius 3 is 2.19 bits per heavy atom. The molecular formula is C27H50N2O7. The highest BCUT2D eigenvalue weighted by atomic mass is 16.6. The van der Waals surface area contributed by atoms with Gasteiger partial charge in [-0.1, -0.05) is 40.0 Å². The van der Waals surface area contributed by atoms with Crippen LogP contribution in [-0.2, 0) is 28.5 Å². The molecule has 1 saturated heterocycles. The Morgan fingerprint density at radius 1 is 0.972 bits per heavy atom. The third-order valence-electron chi connectivity index (χ3n) is 6.14. The first kappa shape index (κ1) is 32.2. The molecular weight excluding hydrogens is 464 g/mol. The summed E-state index contributed by atoms with van der Waals surface area (Å²) in [5, 5.41) is 2.87. The summed E-state index contributed by atoms with van der Waals surface area (Å²) in [6.07, 6.45) is 5.09. The molecule has 0 aromatic rings. The van der Waals surface area contributed by atoms with E-state index in [1.807, 2.05) is 6.92 Å². The van der Waals surface area contributed by atoms with Gasteiger partial charge in [-0.05, 0) is 59.8 Å². The van der Waals surface area contributed by atoms with Gasteiger partial charge in [0.15, 0.2) is 6.04 Å². The lowest BCUT2D eigenvalue weighted by Gasteiger charge is -2.38. The lowest BCUT2D eigenvalue weighted by atomic mass is 9.95. The summed E-state index contributed by atoms with van der Waals surface area (Å²) in [6.45, 7) is 14.9. The number of hydrogen-bond donors (Lipinski definition) is 1. The van der Waals surface area contributed by atoms with Crippen molar-refractivity contribution < 1.29 is 33.3 Å². The summed E-state index contributed by atoms with van der Waals surface area (Å²) in [4.78, 5) is 41.5. The number of likely N-dealkylation sites (tertiary alicyclic amines) is 1. The zero-order valence-electron chi connectivity index (χ0n) is 23.7. The lowest BCUT2D eigenvalue weighted by Crippen LogP contribution is -2.64. The fourth-order valence-corrected chi connectivity index (χ4v) is 3.96. The smallest absolute Gasteiger partial charge is 0.411 e. The normalized spacial score (nSPS) is 19.6. The van der Waals surface area contributed by atoms with Gasteiger partial charge in [-0.2, -0.15) is 0 Å². The molecule has 2 amide bonds. The van der Waals surface area contributed by atoms with Crippen molar-refractivity contribution in [2.24, 2.45) is 0 Å². The van der Waals surface area contributed by atoms with Crippen LogP contribution in [0.2, 0.25) is 0 Å². The second-order valence-electron chi connectivity index (χ2n) is 10.6. The number of amides is 2. The van der Waals surface area contributed by atoms with E-state index in [2.05, 4.69) is 19.2 Å². The molecule has 1 aliphatic rings. The van der Waals surface area contributed by atoms with Gasteiger partial charge in [-0.3, -0.25) is 9.69 Å². The third kappa shape index (κ3) is 10.2. The minimum Gasteiger partial charge on any atom is -0.464 e. The Bertz CT molecular complexity index is 680. The molecule has 0 spiro atoms. The molecule has 0 aromatic heterocycles. The van der Waals surface area contributed by atoms with Crippen molar-refractivity contribution in [2.75, 3.05) is 33.0 Å². The molecule has 1 N–H and O–H groups in total. The van der Waals surface area contributed by atoms with Gasteiger partial charge in [0.1, 0.15) is 11.1 Å². The lowest BCUT2D eigenvalue weighted by molar-refractivity contribution is -0.154. The van der Waals surface area contributed by atoms with Crippen molar-refractivity contribution in [2.45, 2.75) is 123 Å². The highest BCUT2D eigenvalue weighted by molar-refractivity contribution is 5.94. The largest absolute Gasteiger partial charge is 0.464 e. The Kier molecular flexibility index (Phi) is 14.4. The maximum atomic E-state index is 13.9. The standard InChI is InChI=1S/C27H50N2O7/c1-8-11-17-33-20-27(15-14-16-29(27)25(32)36-26(5,6)7)24(31)28-22(21(4)34-18-12-9-2)23(30)35-19-13-10-3/h21-22H,8-20H2,1-7H3,(H,28,31)/t21-,22+,27?/m1/s1. The van der Waals surface area contributed by atoms with Gasteiger partial charge in [0.05, 0.1) is 19.3 Å². The van der Waals surface area contributed by atoms with Crippen LogP contribution in [0.15, 0.2) is 0 Å². The summed E-state index contributed by atoms with van der Waals surface area (Å²) in [5.41, 5.74) is -1.99. The van der Waals surface area contributed by atoms with Crippen LogP contribution < -0.4 is 5.32 Å². The van der Waals surface area contributed by atoms with E-state index in [1.54, 1.807) is 27.7 Å². The third-order valence-corrected chi connectivity index (χ3v) is 6.14. The Hall–Kier alpha value is -1.87. The van der Waals surface area contributed by atoms with Gasteiger partial charge in [0, 0.05) is 19.8 Å². The molecule has 36 heavy (non-hydrogen) atoms. The molecule has 1 aliphatic heterocycles. The Balaban J connectivity index is 3.19. The number of nitrogens with zero attached hydrogens (tertiary/aromatic N) is 1. The molecule has 1 fully saturated rings. The Morgan fingerprint density at radius 2 is 1.58 bits per heavy atom. The molecule has 1 heterocycles. The van der Waals surface area contributed by atoms with Crippen molar-refractivity contribution >= 4 is 18.0 Å². The van der Waals surface area contributed by atoms with Gasteiger partial charge in [-0.15, -0.1) is 0 Å². The van der Waals surface area contributed by atoms with Gasteiger partial charge in [-0.25, -0.2) is 9.59 Å². The van der Waals surface area contributed by atoms with Crippen molar-refractivity contribution in [3.05, 3.63) is 0 Å². The van der Waals surface area contributed by atoms with Gasteiger partial charge in [0.25, 0.3) is 0 Å². The molecule has 3 atom stereocenters. The van der Waals surface area contributed by atoms with E-state index in [4.69, 9.17) is 18.9 Å². The number of unbranched alkanes of at least 4 members (excludes halogenated alkanes) is 3. The van der Waals surface area contributed by atoms with Crippen LogP contribution in [-0.4, -0.2) is 79.1 Å². The SMILES string of the molecule is CCCCOCC1(C(=O)N[C@H](C(=O)OCCCC)[C@@H](C)OCCCC)CCCN1C(=O)OC(C)(C)C. The number of nitrogens with one attached hydrogen (secondary N) is 1.